The van der Waals surface area contributed by atoms with E-state index in [0.717, 1.165) is 56.7 Å². The smallest absolute Gasteiger partial charge is 0.227 e. The van der Waals surface area contributed by atoms with E-state index < -0.39 is 0 Å². The molecule has 3 rings (SSSR count). The van der Waals surface area contributed by atoms with E-state index in [2.05, 4.69) is 33.1 Å². The largest absolute Gasteiger partial charge is 0.355 e. The minimum atomic E-state index is 0.921. The minimum Gasteiger partial charge on any atom is -0.355 e. The summed E-state index contributed by atoms with van der Waals surface area (Å²) in [6.07, 6.45) is 3.71. The first-order valence-corrected chi connectivity index (χ1v) is 7.39. The molecule has 0 aromatic carbocycles. The van der Waals surface area contributed by atoms with E-state index >= 15 is 0 Å². The molecule has 0 amide bonds. The summed E-state index contributed by atoms with van der Waals surface area (Å²) in [5.41, 5.74) is 1.07. The molecule has 0 saturated carbocycles. The average Bonchev–Trinajstić information content (AvgIpc) is 2.81. The molecule has 2 fully saturated rings. The Morgan fingerprint density at radius 2 is 1.74 bits per heavy atom. The number of nitrogens with zero attached hydrogens (tertiary/aromatic N) is 4. The van der Waals surface area contributed by atoms with E-state index in [1.807, 2.05) is 0 Å². The third-order valence-electron chi connectivity index (χ3n) is 3.88. The van der Waals surface area contributed by atoms with Crippen molar-refractivity contribution < 1.29 is 0 Å². The molecule has 2 aliphatic heterocycles. The highest BCUT2D eigenvalue weighted by Crippen LogP contribution is 2.21. The summed E-state index contributed by atoms with van der Waals surface area (Å²) in [4.78, 5) is 14.1. The third kappa shape index (κ3) is 2.97. The van der Waals surface area contributed by atoms with Gasteiger partial charge < -0.3 is 15.1 Å². The van der Waals surface area contributed by atoms with Gasteiger partial charge in [0, 0.05) is 44.5 Å². The van der Waals surface area contributed by atoms with Crippen LogP contribution >= 0.6 is 0 Å². The van der Waals surface area contributed by atoms with Crippen molar-refractivity contribution in [1.29, 1.82) is 0 Å². The van der Waals surface area contributed by atoms with Crippen molar-refractivity contribution in [2.24, 2.45) is 0 Å². The van der Waals surface area contributed by atoms with E-state index in [-0.39, 0.29) is 0 Å². The molecule has 1 aromatic heterocycles. The zero-order valence-corrected chi connectivity index (χ0v) is 11.7. The molecular formula is C14H23N5. The number of anilines is 2. The standard InChI is InChI=1S/C14H23N5/c1-12-11-13(18-9-4-5-15-6-10-18)17-14(16-12)19-7-2-3-8-19/h11,15H,2-10H2,1H3. The lowest BCUT2D eigenvalue weighted by Crippen LogP contribution is -2.30. The monoisotopic (exact) mass is 261 g/mol. The summed E-state index contributed by atoms with van der Waals surface area (Å²) in [6.45, 7) is 8.55. The normalized spacial score (nSPS) is 20.7. The van der Waals surface area contributed by atoms with Crippen LogP contribution in [0.3, 0.4) is 0 Å². The Morgan fingerprint density at radius 3 is 2.58 bits per heavy atom. The van der Waals surface area contributed by atoms with Crippen LogP contribution in [-0.4, -0.2) is 49.2 Å². The maximum atomic E-state index is 4.79. The van der Waals surface area contributed by atoms with Crippen molar-refractivity contribution in [2.45, 2.75) is 26.2 Å². The molecule has 5 heteroatoms. The van der Waals surface area contributed by atoms with Gasteiger partial charge in [-0.05, 0) is 32.7 Å². The summed E-state index contributed by atoms with van der Waals surface area (Å²) in [7, 11) is 0. The van der Waals surface area contributed by atoms with Crippen molar-refractivity contribution in [1.82, 2.24) is 15.3 Å². The van der Waals surface area contributed by atoms with Crippen LogP contribution in [0, 0.1) is 6.92 Å². The SMILES string of the molecule is Cc1cc(N2CCCNCC2)nc(N2CCCC2)n1. The predicted octanol–water partition coefficient (Wildman–Crippen LogP) is 1.18. The van der Waals surface area contributed by atoms with Gasteiger partial charge in [-0.3, -0.25) is 0 Å². The molecule has 1 N–H and O–H groups in total. The molecule has 2 aliphatic rings. The van der Waals surface area contributed by atoms with Gasteiger partial charge in [-0.15, -0.1) is 0 Å². The maximum Gasteiger partial charge on any atom is 0.227 e. The lowest BCUT2D eigenvalue weighted by molar-refractivity contribution is 0.724. The predicted molar refractivity (Wildman–Crippen MR) is 77.9 cm³/mol. The highest BCUT2D eigenvalue weighted by Gasteiger charge is 2.18. The lowest BCUT2D eigenvalue weighted by Gasteiger charge is -2.23. The molecular weight excluding hydrogens is 238 g/mol. The second-order valence-electron chi connectivity index (χ2n) is 5.45. The maximum absolute atomic E-state index is 4.79. The highest BCUT2D eigenvalue weighted by molar-refractivity contribution is 5.46. The number of aromatic nitrogens is 2. The first kappa shape index (κ1) is 12.7. The van der Waals surface area contributed by atoms with Gasteiger partial charge in [0.05, 0.1) is 0 Å². The molecule has 0 aliphatic carbocycles. The summed E-state index contributed by atoms with van der Waals surface area (Å²) < 4.78 is 0. The molecule has 2 saturated heterocycles. The zero-order chi connectivity index (χ0) is 13.1. The molecule has 1 aromatic rings. The van der Waals surface area contributed by atoms with Gasteiger partial charge in [-0.1, -0.05) is 0 Å². The summed E-state index contributed by atoms with van der Waals surface area (Å²) in [5, 5.41) is 3.44. The Bertz CT molecular complexity index is 420. The van der Waals surface area contributed by atoms with E-state index in [0.29, 0.717) is 0 Å². The second kappa shape index (κ2) is 5.74. The Balaban J connectivity index is 1.83. The fourth-order valence-electron chi connectivity index (χ4n) is 2.83. The van der Waals surface area contributed by atoms with Crippen LogP contribution in [0.4, 0.5) is 11.8 Å². The van der Waals surface area contributed by atoms with Crippen LogP contribution in [0.2, 0.25) is 0 Å². The molecule has 3 heterocycles. The fraction of sp³-hybridized carbons (Fsp3) is 0.714. The van der Waals surface area contributed by atoms with Crippen molar-refractivity contribution in [3.8, 4) is 0 Å². The lowest BCUT2D eigenvalue weighted by atomic mass is 10.3. The molecule has 0 unspecified atom stereocenters. The number of hydrogen-bond donors (Lipinski definition) is 1. The van der Waals surface area contributed by atoms with Gasteiger partial charge in [0.25, 0.3) is 0 Å². The van der Waals surface area contributed by atoms with E-state index in [1.165, 1.54) is 19.3 Å². The quantitative estimate of drug-likeness (QED) is 0.866. The van der Waals surface area contributed by atoms with Crippen molar-refractivity contribution in [3.05, 3.63) is 11.8 Å². The Kier molecular flexibility index (Phi) is 3.82. The minimum absolute atomic E-state index is 0.921. The van der Waals surface area contributed by atoms with Crippen LogP contribution < -0.4 is 15.1 Å². The fourth-order valence-corrected chi connectivity index (χ4v) is 2.83. The zero-order valence-electron chi connectivity index (χ0n) is 11.7. The Morgan fingerprint density at radius 1 is 0.947 bits per heavy atom. The topological polar surface area (TPSA) is 44.3 Å². The van der Waals surface area contributed by atoms with Crippen LogP contribution in [0.5, 0.6) is 0 Å². The van der Waals surface area contributed by atoms with Gasteiger partial charge in [0.2, 0.25) is 5.95 Å². The summed E-state index contributed by atoms with van der Waals surface area (Å²) in [5.74, 6) is 2.02. The number of nitrogens with one attached hydrogen (secondary N) is 1. The molecule has 0 bridgehead atoms. The second-order valence-corrected chi connectivity index (χ2v) is 5.45. The Labute approximate surface area is 115 Å². The molecule has 104 valence electrons. The van der Waals surface area contributed by atoms with Gasteiger partial charge >= 0.3 is 0 Å². The van der Waals surface area contributed by atoms with Crippen LogP contribution in [0.15, 0.2) is 6.07 Å². The highest BCUT2D eigenvalue weighted by atomic mass is 15.3. The molecule has 19 heavy (non-hydrogen) atoms. The third-order valence-corrected chi connectivity index (χ3v) is 3.88. The first-order valence-electron chi connectivity index (χ1n) is 7.39. The van der Waals surface area contributed by atoms with Crippen LogP contribution in [-0.2, 0) is 0 Å². The first-order chi connectivity index (χ1) is 9.33. The summed E-state index contributed by atoms with van der Waals surface area (Å²) in [6, 6.07) is 2.12. The molecule has 5 nitrogen and oxygen atoms in total. The number of aryl methyl sites for hydroxylation is 1. The number of rotatable bonds is 2. The molecule has 0 spiro atoms. The van der Waals surface area contributed by atoms with Crippen molar-refractivity contribution in [2.75, 3.05) is 49.1 Å². The Hall–Kier alpha value is -1.36. The number of hydrogen-bond acceptors (Lipinski definition) is 5. The molecule has 0 atom stereocenters. The van der Waals surface area contributed by atoms with Crippen LogP contribution in [0.1, 0.15) is 25.0 Å². The van der Waals surface area contributed by atoms with Gasteiger partial charge in [-0.25, -0.2) is 4.98 Å². The van der Waals surface area contributed by atoms with E-state index in [4.69, 9.17) is 4.98 Å². The van der Waals surface area contributed by atoms with Crippen molar-refractivity contribution >= 4 is 11.8 Å². The van der Waals surface area contributed by atoms with Crippen LogP contribution in [0.25, 0.3) is 0 Å². The van der Waals surface area contributed by atoms with E-state index in [1.54, 1.807) is 0 Å². The van der Waals surface area contributed by atoms with Gasteiger partial charge in [0.1, 0.15) is 5.82 Å². The summed E-state index contributed by atoms with van der Waals surface area (Å²) >= 11 is 0. The molecule has 0 radical (unpaired) electrons. The van der Waals surface area contributed by atoms with Gasteiger partial charge in [-0.2, -0.15) is 4.98 Å². The van der Waals surface area contributed by atoms with E-state index in [9.17, 15) is 0 Å². The average molecular weight is 261 g/mol. The van der Waals surface area contributed by atoms with Gasteiger partial charge in [0.15, 0.2) is 0 Å². The van der Waals surface area contributed by atoms with Crippen molar-refractivity contribution in [3.63, 3.8) is 0 Å².